The Morgan fingerprint density at radius 2 is 1.51 bits per heavy atom. The predicted octanol–water partition coefficient (Wildman–Crippen LogP) is 2.27. The summed E-state index contributed by atoms with van der Waals surface area (Å²) in [6.07, 6.45) is 1.56. The highest BCUT2D eigenvalue weighted by molar-refractivity contribution is 6.32. The molecule has 2 aromatic heterocycles. The summed E-state index contributed by atoms with van der Waals surface area (Å²) < 4.78 is 8.03. The molecule has 2 heterocycles. The van der Waals surface area contributed by atoms with Crippen LogP contribution in [0.25, 0.3) is 11.0 Å². The highest BCUT2D eigenvalue weighted by Crippen LogP contribution is 2.28. The fraction of sp³-hybridized carbons (Fsp3) is 0.0385. The zero-order valence-electron chi connectivity index (χ0n) is 19.7. The first-order valence-electron chi connectivity index (χ1n) is 11.3. The highest BCUT2D eigenvalue weighted by atomic mass is 16.5. The standard InChI is InChI=1S/C26H23B2N5O2/c1-33-24-11-10-20(14-22(24)32-26(33)31-19-8-4-17(28)5-9-19)35-21-12-13-29-23(15-21)25(34)30-18-6-2-16(27)3-7-18/h2-15H,27-28H2,1H3,(H,30,34)(H,31,32). The van der Waals surface area contributed by atoms with Crippen LogP contribution >= 0.6 is 0 Å². The van der Waals surface area contributed by atoms with Crippen LogP contribution in [0.2, 0.25) is 0 Å². The first kappa shape index (κ1) is 22.3. The van der Waals surface area contributed by atoms with Crippen LogP contribution in [0.15, 0.2) is 85.1 Å². The lowest BCUT2D eigenvalue weighted by Gasteiger charge is -2.08. The number of amides is 1. The van der Waals surface area contributed by atoms with Gasteiger partial charge in [0.2, 0.25) is 5.95 Å². The lowest BCUT2D eigenvalue weighted by atomic mass is 9.96. The lowest BCUT2D eigenvalue weighted by Crippen LogP contribution is -2.14. The minimum Gasteiger partial charge on any atom is -0.457 e. The fourth-order valence-electron chi connectivity index (χ4n) is 3.69. The molecule has 0 aliphatic carbocycles. The molecular weight excluding hydrogens is 436 g/mol. The Labute approximate surface area is 205 Å². The minimum absolute atomic E-state index is 0.270. The largest absolute Gasteiger partial charge is 0.457 e. The maximum Gasteiger partial charge on any atom is 0.274 e. The van der Waals surface area contributed by atoms with Crippen molar-refractivity contribution in [2.24, 2.45) is 7.05 Å². The van der Waals surface area contributed by atoms with Crippen LogP contribution in [0, 0.1) is 0 Å². The summed E-state index contributed by atoms with van der Waals surface area (Å²) in [7, 11) is 6.02. The molecule has 0 saturated heterocycles. The summed E-state index contributed by atoms with van der Waals surface area (Å²) in [5.74, 6) is 1.57. The van der Waals surface area contributed by atoms with E-state index in [0.29, 0.717) is 17.2 Å². The number of fused-ring (bicyclic) bond motifs is 1. The third-order valence-electron chi connectivity index (χ3n) is 5.67. The quantitative estimate of drug-likeness (QED) is 0.381. The van der Waals surface area contributed by atoms with Crippen LogP contribution in [0.1, 0.15) is 10.5 Å². The molecule has 7 nitrogen and oxygen atoms in total. The molecule has 0 atom stereocenters. The smallest absolute Gasteiger partial charge is 0.274 e. The Kier molecular flexibility index (Phi) is 5.97. The molecule has 0 fully saturated rings. The maximum atomic E-state index is 12.6. The molecule has 0 saturated carbocycles. The van der Waals surface area contributed by atoms with E-state index in [1.807, 2.05) is 74.1 Å². The van der Waals surface area contributed by atoms with Gasteiger partial charge in [-0.3, -0.25) is 9.78 Å². The van der Waals surface area contributed by atoms with Crippen LogP contribution < -0.4 is 26.3 Å². The predicted molar refractivity (Wildman–Crippen MR) is 146 cm³/mol. The second-order valence-electron chi connectivity index (χ2n) is 8.43. The van der Waals surface area contributed by atoms with E-state index in [-0.39, 0.29) is 11.6 Å². The number of anilines is 3. The fourth-order valence-corrected chi connectivity index (χ4v) is 3.69. The topological polar surface area (TPSA) is 81.1 Å². The third kappa shape index (κ3) is 5.04. The molecule has 0 unspecified atom stereocenters. The first-order chi connectivity index (χ1) is 16.9. The molecule has 5 rings (SSSR count). The Bertz CT molecular complexity index is 1520. The van der Waals surface area contributed by atoms with Gasteiger partial charge in [-0.15, -0.1) is 0 Å². The van der Waals surface area contributed by atoms with Crippen LogP contribution in [-0.4, -0.2) is 36.1 Å². The number of aromatic nitrogens is 3. The average molecular weight is 459 g/mol. The monoisotopic (exact) mass is 459 g/mol. The second-order valence-corrected chi connectivity index (χ2v) is 8.43. The van der Waals surface area contributed by atoms with Gasteiger partial charge in [-0.05, 0) is 42.5 Å². The number of nitrogens with zero attached hydrogens (tertiary/aromatic N) is 3. The Morgan fingerprint density at radius 3 is 2.23 bits per heavy atom. The number of carbonyl (C=O) groups excluding carboxylic acids is 1. The van der Waals surface area contributed by atoms with Gasteiger partial charge < -0.3 is 19.9 Å². The molecule has 0 radical (unpaired) electrons. The Balaban J connectivity index is 1.33. The first-order valence-corrected chi connectivity index (χ1v) is 11.3. The van der Waals surface area contributed by atoms with Crippen molar-refractivity contribution in [2.75, 3.05) is 10.6 Å². The maximum absolute atomic E-state index is 12.6. The van der Waals surface area contributed by atoms with Crippen LogP contribution in [-0.2, 0) is 7.05 Å². The number of pyridine rings is 1. The van der Waals surface area contributed by atoms with Gasteiger partial charge in [0.1, 0.15) is 32.9 Å². The van der Waals surface area contributed by atoms with Crippen molar-refractivity contribution >= 4 is 60.9 Å². The molecule has 5 aromatic rings. The summed E-state index contributed by atoms with van der Waals surface area (Å²) in [6, 6.07) is 24.8. The van der Waals surface area contributed by atoms with E-state index in [9.17, 15) is 4.79 Å². The van der Waals surface area contributed by atoms with Gasteiger partial charge in [0.25, 0.3) is 5.91 Å². The molecule has 0 aliphatic rings. The number of hydrogen-bond donors (Lipinski definition) is 2. The molecule has 2 N–H and O–H groups in total. The van der Waals surface area contributed by atoms with E-state index in [1.165, 1.54) is 5.46 Å². The van der Waals surface area contributed by atoms with E-state index >= 15 is 0 Å². The van der Waals surface area contributed by atoms with Gasteiger partial charge in [0, 0.05) is 36.8 Å². The normalized spacial score (nSPS) is 10.8. The van der Waals surface area contributed by atoms with Gasteiger partial charge in [-0.2, -0.15) is 0 Å². The van der Waals surface area contributed by atoms with Crippen molar-refractivity contribution < 1.29 is 9.53 Å². The van der Waals surface area contributed by atoms with Crippen molar-refractivity contribution in [1.29, 1.82) is 0 Å². The van der Waals surface area contributed by atoms with Crippen molar-refractivity contribution in [2.45, 2.75) is 0 Å². The number of carbonyl (C=O) groups is 1. The van der Waals surface area contributed by atoms with E-state index in [0.717, 1.165) is 28.1 Å². The third-order valence-corrected chi connectivity index (χ3v) is 5.67. The number of hydrogen-bond acceptors (Lipinski definition) is 5. The molecule has 0 bridgehead atoms. The van der Waals surface area contributed by atoms with Gasteiger partial charge in [0.05, 0.1) is 11.0 Å². The Morgan fingerprint density at radius 1 is 0.857 bits per heavy atom. The average Bonchev–Trinajstić information content (AvgIpc) is 3.16. The van der Waals surface area contributed by atoms with E-state index in [2.05, 4.69) is 35.6 Å². The minimum atomic E-state index is -0.300. The van der Waals surface area contributed by atoms with Crippen molar-refractivity contribution in [3.8, 4) is 11.5 Å². The SMILES string of the molecule is Bc1ccc(NC(=O)c2cc(Oc3ccc4c(c3)nc(Nc3ccc(B)cc3)n4C)ccn2)cc1. The van der Waals surface area contributed by atoms with Gasteiger partial charge in [-0.25, -0.2) is 4.98 Å². The molecule has 0 spiro atoms. The summed E-state index contributed by atoms with van der Waals surface area (Å²) in [6.45, 7) is 0. The number of benzene rings is 3. The van der Waals surface area contributed by atoms with E-state index in [4.69, 9.17) is 9.72 Å². The van der Waals surface area contributed by atoms with Crippen LogP contribution in [0.5, 0.6) is 11.5 Å². The van der Waals surface area contributed by atoms with Gasteiger partial charge in [-0.1, -0.05) is 35.2 Å². The summed E-state index contributed by atoms with van der Waals surface area (Å²) in [5.41, 5.74) is 6.05. The lowest BCUT2D eigenvalue weighted by molar-refractivity contribution is 0.102. The summed E-state index contributed by atoms with van der Waals surface area (Å²) in [5, 5.41) is 6.22. The molecule has 35 heavy (non-hydrogen) atoms. The molecule has 1 amide bonds. The number of ether oxygens (including phenoxy) is 1. The number of aryl methyl sites for hydroxylation is 1. The van der Waals surface area contributed by atoms with Gasteiger partial charge in [0.15, 0.2) is 0 Å². The number of imidazole rings is 1. The highest BCUT2D eigenvalue weighted by Gasteiger charge is 2.12. The van der Waals surface area contributed by atoms with Crippen LogP contribution in [0.3, 0.4) is 0 Å². The van der Waals surface area contributed by atoms with Gasteiger partial charge >= 0.3 is 0 Å². The molecule has 170 valence electrons. The van der Waals surface area contributed by atoms with Crippen molar-refractivity contribution in [3.05, 3.63) is 90.8 Å². The number of nitrogens with one attached hydrogen (secondary N) is 2. The second kappa shape index (κ2) is 9.38. The molecule has 3 aromatic carbocycles. The van der Waals surface area contributed by atoms with Crippen molar-refractivity contribution in [3.63, 3.8) is 0 Å². The van der Waals surface area contributed by atoms with Crippen molar-refractivity contribution in [1.82, 2.24) is 14.5 Å². The zero-order chi connectivity index (χ0) is 24.4. The summed E-state index contributed by atoms with van der Waals surface area (Å²) in [4.78, 5) is 21.6. The summed E-state index contributed by atoms with van der Waals surface area (Å²) >= 11 is 0. The molecular formula is C26H23B2N5O2. The van der Waals surface area contributed by atoms with E-state index < -0.39 is 0 Å². The molecule has 9 heteroatoms. The number of rotatable bonds is 6. The van der Waals surface area contributed by atoms with Crippen LogP contribution in [0.4, 0.5) is 17.3 Å². The Hall–Kier alpha value is -4.52. The molecule has 0 aliphatic heterocycles. The zero-order valence-corrected chi connectivity index (χ0v) is 19.7. The van der Waals surface area contributed by atoms with E-state index in [1.54, 1.807) is 18.3 Å².